The molecule has 0 aliphatic carbocycles. The molecule has 1 unspecified atom stereocenters. The highest BCUT2D eigenvalue weighted by Gasteiger charge is 2.18. The van der Waals surface area contributed by atoms with Crippen LogP contribution in [-0.4, -0.2) is 29.1 Å². The van der Waals surface area contributed by atoms with Gasteiger partial charge in [-0.2, -0.15) is 0 Å². The van der Waals surface area contributed by atoms with Crippen molar-refractivity contribution in [2.24, 2.45) is 0 Å². The molecule has 0 bridgehead atoms. The largest absolute Gasteiger partial charge is 0.385 e. The highest BCUT2D eigenvalue weighted by molar-refractivity contribution is 5.61. The molecule has 88 valence electrons. The summed E-state index contributed by atoms with van der Waals surface area (Å²) >= 11 is 0. The van der Waals surface area contributed by atoms with Gasteiger partial charge in [0.2, 0.25) is 0 Å². The number of benzene rings is 1. The lowest BCUT2D eigenvalue weighted by Gasteiger charge is -2.11. The Morgan fingerprint density at radius 3 is 2.62 bits per heavy atom. The molecule has 0 fully saturated rings. The van der Waals surface area contributed by atoms with Crippen molar-refractivity contribution in [1.29, 1.82) is 0 Å². The standard InChI is InChI=1S/C9H10F2N2O3/c10-9(11)8(14)5-12-6-3-1-2-4-7(6)13(15)16/h1-4,8-9,12,14H,5H2. The van der Waals surface area contributed by atoms with Crippen LogP contribution < -0.4 is 5.32 Å². The zero-order chi connectivity index (χ0) is 12.1. The van der Waals surface area contributed by atoms with Gasteiger partial charge in [-0.3, -0.25) is 10.1 Å². The fourth-order valence-electron chi connectivity index (χ4n) is 1.09. The summed E-state index contributed by atoms with van der Waals surface area (Å²) in [4.78, 5) is 9.93. The van der Waals surface area contributed by atoms with Crippen LogP contribution in [0, 0.1) is 10.1 Å². The first-order chi connectivity index (χ1) is 7.52. The Balaban J connectivity index is 2.70. The summed E-state index contributed by atoms with van der Waals surface area (Å²) in [5, 5.41) is 21.8. The predicted molar refractivity (Wildman–Crippen MR) is 53.6 cm³/mol. The molecule has 7 heteroatoms. The summed E-state index contributed by atoms with van der Waals surface area (Å²) in [7, 11) is 0. The van der Waals surface area contributed by atoms with Gasteiger partial charge in [-0.1, -0.05) is 12.1 Å². The van der Waals surface area contributed by atoms with Crippen LogP contribution in [-0.2, 0) is 0 Å². The Hall–Kier alpha value is -1.76. The summed E-state index contributed by atoms with van der Waals surface area (Å²) in [6.07, 6.45) is -4.73. The molecule has 0 aromatic heterocycles. The topological polar surface area (TPSA) is 75.4 Å². The van der Waals surface area contributed by atoms with Gasteiger partial charge in [0, 0.05) is 12.6 Å². The zero-order valence-corrected chi connectivity index (χ0v) is 8.14. The number of para-hydroxylation sites is 2. The predicted octanol–water partition coefficient (Wildman–Crippen LogP) is 1.63. The van der Waals surface area contributed by atoms with Gasteiger partial charge in [0.1, 0.15) is 11.8 Å². The van der Waals surface area contributed by atoms with Crippen molar-refractivity contribution in [3.8, 4) is 0 Å². The van der Waals surface area contributed by atoms with E-state index in [2.05, 4.69) is 5.32 Å². The average molecular weight is 232 g/mol. The first kappa shape index (κ1) is 12.3. The number of alkyl halides is 2. The van der Waals surface area contributed by atoms with Crippen molar-refractivity contribution in [2.45, 2.75) is 12.5 Å². The number of aliphatic hydroxyl groups excluding tert-OH is 1. The van der Waals surface area contributed by atoms with Crippen LogP contribution in [0.3, 0.4) is 0 Å². The summed E-state index contributed by atoms with van der Waals surface area (Å²) in [6.45, 7) is -0.442. The highest BCUT2D eigenvalue weighted by atomic mass is 19.3. The van der Waals surface area contributed by atoms with E-state index in [1.165, 1.54) is 24.3 Å². The highest BCUT2D eigenvalue weighted by Crippen LogP contribution is 2.23. The van der Waals surface area contributed by atoms with Crippen LogP contribution in [0.5, 0.6) is 0 Å². The van der Waals surface area contributed by atoms with Gasteiger partial charge >= 0.3 is 0 Å². The van der Waals surface area contributed by atoms with Gasteiger partial charge in [-0.25, -0.2) is 8.78 Å². The lowest BCUT2D eigenvalue weighted by molar-refractivity contribution is -0.384. The number of nitro benzene ring substituents is 1. The SMILES string of the molecule is O=[N+]([O-])c1ccccc1NCC(O)C(F)F. The van der Waals surface area contributed by atoms with Crippen molar-refractivity contribution in [3.05, 3.63) is 34.4 Å². The van der Waals surface area contributed by atoms with E-state index in [1.54, 1.807) is 0 Å². The number of hydrogen-bond donors (Lipinski definition) is 2. The van der Waals surface area contributed by atoms with Crippen LogP contribution in [0.4, 0.5) is 20.2 Å². The van der Waals surface area contributed by atoms with Crippen LogP contribution in [0.1, 0.15) is 0 Å². The molecule has 5 nitrogen and oxygen atoms in total. The van der Waals surface area contributed by atoms with E-state index >= 15 is 0 Å². The van der Waals surface area contributed by atoms with Crippen LogP contribution in [0.15, 0.2) is 24.3 Å². The molecule has 0 saturated heterocycles. The molecule has 0 spiro atoms. The van der Waals surface area contributed by atoms with Crippen molar-refractivity contribution in [3.63, 3.8) is 0 Å². The quantitative estimate of drug-likeness (QED) is 0.597. The first-order valence-electron chi connectivity index (χ1n) is 4.46. The Bertz CT molecular complexity index is 374. The fourth-order valence-corrected chi connectivity index (χ4v) is 1.09. The summed E-state index contributed by atoms with van der Waals surface area (Å²) < 4.78 is 23.9. The molecule has 1 atom stereocenters. The monoisotopic (exact) mass is 232 g/mol. The summed E-state index contributed by atoms with van der Waals surface area (Å²) in [5.74, 6) is 0. The number of nitrogens with one attached hydrogen (secondary N) is 1. The molecule has 0 aliphatic rings. The van der Waals surface area contributed by atoms with Gasteiger partial charge < -0.3 is 10.4 Å². The van der Waals surface area contributed by atoms with E-state index in [0.717, 1.165) is 0 Å². The minimum atomic E-state index is -2.88. The van der Waals surface area contributed by atoms with Crippen LogP contribution in [0.2, 0.25) is 0 Å². The van der Waals surface area contributed by atoms with Gasteiger partial charge in [-0.05, 0) is 6.07 Å². The minimum Gasteiger partial charge on any atom is -0.385 e. The average Bonchev–Trinajstić information content (AvgIpc) is 2.25. The Kier molecular flexibility index (Phi) is 4.12. The Morgan fingerprint density at radius 2 is 2.06 bits per heavy atom. The second-order valence-electron chi connectivity index (χ2n) is 3.06. The first-order valence-corrected chi connectivity index (χ1v) is 4.46. The fraction of sp³-hybridized carbons (Fsp3) is 0.333. The molecule has 0 heterocycles. The molecule has 1 aromatic rings. The Labute approximate surface area is 89.9 Å². The number of anilines is 1. The molecule has 0 aliphatic heterocycles. The molecular weight excluding hydrogens is 222 g/mol. The Morgan fingerprint density at radius 1 is 1.44 bits per heavy atom. The minimum absolute atomic E-state index is 0.104. The molecule has 0 radical (unpaired) electrons. The van der Waals surface area contributed by atoms with Crippen molar-refractivity contribution < 1.29 is 18.8 Å². The maximum absolute atomic E-state index is 12.0. The van der Waals surface area contributed by atoms with Crippen molar-refractivity contribution >= 4 is 11.4 Å². The maximum Gasteiger partial charge on any atom is 0.292 e. The van der Waals surface area contributed by atoms with Crippen molar-refractivity contribution in [1.82, 2.24) is 0 Å². The van der Waals surface area contributed by atoms with E-state index in [9.17, 15) is 18.9 Å². The number of aliphatic hydroxyl groups is 1. The maximum atomic E-state index is 12.0. The normalized spacial score (nSPS) is 12.5. The molecule has 0 saturated carbocycles. The number of rotatable bonds is 5. The third-order valence-corrected chi connectivity index (χ3v) is 1.89. The van der Waals surface area contributed by atoms with E-state index < -0.39 is 24.0 Å². The lowest BCUT2D eigenvalue weighted by atomic mass is 10.2. The van der Waals surface area contributed by atoms with Crippen LogP contribution >= 0.6 is 0 Å². The molecule has 0 amide bonds. The molecule has 1 rings (SSSR count). The number of nitro groups is 1. The van der Waals surface area contributed by atoms with E-state index in [1.807, 2.05) is 0 Å². The second kappa shape index (κ2) is 5.36. The van der Waals surface area contributed by atoms with E-state index in [4.69, 9.17) is 5.11 Å². The summed E-state index contributed by atoms with van der Waals surface area (Å²) in [6, 6.07) is 5.63. The van der Waals surface area contributed by atoms with Gasteiger partial charge in [0.05, 0.1) is 4.92 Å². The molecular formula is C9H10F2N2O3. The third-order valence-electron chi connectivity index (χ3n) is 1.89. The molecule has 16 heavy (non-hydrogen) atoms. The lowest BCUT2D eigenvalue weighted by Crippen LogP contribution is -2.26. The van der Waals surface area contributed by atoms with Gasteiger partial charge in [-0.15, -0.1) is 0 Å². The van der Waals surface area contributed by atoms with E-state index in [-0.39, 0.29) is 11.4 Å². The number of nitrogens with zero attached hydrogens (tertiary/aromatic N) is 1. The third kappa shape index (κ3) is 3.13. The van der Waals surface area contributed by atoms with E-state index in [0.29, 0.717) is 0 Å². The molecule has 2 N–H and O–H groups in total. The number of halogens is 2. The zero-order valence-electron chi connectivity index (χ0n) is 8.14. The smallest absolute Gasteiger partial charge is 0.292 e. The van der Waals surface area contributed by atoms with Crippen molar-refractivity contribution in [2.75, 3.05) is 11.9 Å². The second-order valence-corrected chi connectivity index (χ2v) is 3.06. The van der Waals surface area contributed by atoms with Crippen LogP contribution in [0.25, 0.3) is 0 Å². The van der Waals surface area contributed by atoms with Gasteiger partial charge in [0.15, 0.2) is 0 Å². The number of hydrogen-bond acceptors (Lipinski definition) is 4. The van der Waals surface area contributed by atoms with Gasteiger partial charge in [0.25, 0.3) is 12.1 Å². The molecule has 1 aromatic carbocycles. The summed E-state index contributed by atoms with van der Waals surface area (Å²) in [5.41, 5.74) is -0.115.